The zero-order valence-corrected chi connectivity index (χ0v) is 14.5. The molecule has 3 nitrogen and oxygen atoms in total. The zero-order chi connectivity index (χ0) is 18.4. The number of nitriles is 1. The van der Waals surface area contributed by atoms with Crippen LogP contribution in [0.15, 0.2) is 66.0 Å². The molecule has 1 heterocycles. The summed E-state index contributed by atoms with van der Waals surface area (Å²) in [6.45, 7) is 0.00863. The maximum Gasteiger partial charge on any atom is 0.339 e. The molecule has 0 aliphatic carbocycles. The lowest BCUT2D eigenvalue weighted by atomic mass is 10.1. The molecule has 0 atom stereocenters. The Labute approximate surface area is 154 Å². The van der Waals surface area contributed by atoms with Gasteiger partial charge in [0.2, 0.25) is 0 Å². The molecule has 0 bridgehead atoms. The highest BCUT2D eigenvalue weighted by Gasteiger charge is 2.16. The van der Waals surface area contributed by atoms with Crippen molar-refractivity contribution in [3.63, 3.8) is 0 Å². The maximum atomic E-state index is 13.1. The van der Waals surface area contributed by atoms with Gasteiger partial charge in [-0.1, -0.05) is 36.4 Å². The average molecular weight is 363 g/mol. The van der Waals surface area contributed by atoms with E-state index in [0.717, 1.165) is 4.88 Å². The van der Waals surface area contributed by atoms with Gasteiger partial charge in [-0.3, -0.25) is 0 Å². The van der Waals surface area contributed by atoms with Gasteiger partial charge in [-0.2, -0.15) is 5.26 Å². The fourth-order valence-corrected chi connectivity index (χ4v) is 3.09. The van der Waals surface area contributed by atoms with E-state index in [-0.39, 0.29) is 12.4 Å². The van der Waals surface area contributed by atoms with Crippen LogP contribution in [-0.4, -0.2) is 5.97 Å². The summed E-state index contributed by atoms with van der Waals surface area (Å²) in [7, 11) is 0. The van der Waals surface area contributed by atoms with Crippen LogP contribution < -0.4 is 0 Å². The third-order valence-electron chi connectivity index (χ3n) is 3.68. The monoisotopic (exact) mass is 363 g/mol. The molecule has 0 saturated carbocycles. The van der Waals surface area contributed by atoms with E-state index in [1.807, 2.05) is 17.5 Å². The predicted octanol–water partition coefficient (Wildman–Crippen LogP) is 5.04. The zero-order valence-electron chi connectivity index (χ0n) is 13.7. The summed E-state index contributed by atoms with van der Waals surface area (Å²) in [5.41, 5.74) is 2.21. The second-order valence-electron chi connectivity index (χ2n) is 5.43. The first kappa shape index (κ1) is 17.6. The molecule has 128 valence electrons. The predicted molar refractivity (Wildman–Crippen MR) is 99.5 cm³/mol. The lowest BCUT2D eigenvalue weighted by Crippen LogP contribution is -2.07. The van der Waals surface area contributed by atoms with Crippen LogP contribution in [0.1, 0.15) is 21.6 Å². The molecule has 2 aromatic carbocycles. The van der Waals surface area contributed by atoms with E-state index in [9.17, 15) is 9.18 Å². The summed E-state index contributed by atoms with van der Waals surface area (Å²) in [6.07, 6.45) is 1.67. The first-order valence-electron chi connectivity index (χ1n) is 7.83. The van der Waals surface area contributed by atoms with Crippen LogP contribution >= 0.6 is 11.3 Å². The van der Waals surface area contributed by atoms with Gasteiger partial charge in [-0.05, 0) is 41.3 Å². The van der Waals surface area contributed by atoms with Gasteiger partial charge in [-0.25, -0.2) is 9.18 Å². The minimum atomic E-state index is -0.496. The fourth-order valence-electron chi connectivity index (χ4n) is 2.36. The van der Waals surface area contributed by atoms with Crippen molar-refractivity contribution >= 4 is 29.0 Å². The van der Waals surface area contributed by atoms with Gasteiger partial charge in [0.25, 0.3) is 0 Å². The second kappa shape index (κ2) is 8.24. The van der Waals surface area contributed by atoms with Gasteiger partial charge in [0.1, 0.15) is 12.4 Å². The minimum absolute atomic E-state index is 0.00863. The molecule has 26 heavy (non-hydrogen) atoms. The van der Waals surface area contributed by atoms with E-state index in [0.29, 0.717) is 22.3 Å². The van der Waals surface area contributed by atoms with Crippen LogP contribution in [0, 0.1) is 17.1 Å². The van der Waals surface area contributed by atoms with E-state index in [1.54, 1.807) is 42.5 Å². The number of carbonyl (C=O) groups excluding carboxylic acids is 1. The Morgan fingerprint density at radius 3 is 2.58 bits per heavy atom. The maximum absolute atomic E-state index is 13.1. The summed E-state index contributed by atoms with van der Waals surface area (Å²) < 4.78 is 18.5. The molecule has 0 unspecified atom stereocenters. The van der Waals surface area contributed by atoms with E-state index >= 15 is 0 Å². The van der Waals surface area contributed by atoms with Crippen molar-refractivity contribution < 1.29 is 13.9 Å². The molecule has 5 heteroatoms. The molecule has 0 N–H and O–H groups in total. The van der Waals surface area contributed by atoms with Crippen molar-refractivity contribution in [3.05, 3.63) is 93.4 Å². The summed E-state index contributed by atoms with van der Waals surface area (Å²) in [5.74, 6) is -0.833. The topological polar surface area (TPSA) is 50.1 Å². The number of thiophene rings is 1. The standard InChI is InChI=1S/C21H14FNO2S/c22-18-9-7-15(8-10-18)12-19(20-6-3-11-26-20)21(24)25-14-17-5-2-1-4-16(17)13-23/h1-12H,14H2. The summed E-state index contributed by atoms with van der Waals surface area (Å²) in [5, 5.41) is 11.0. The Morgan fingerprint density at radius 2 is 1.88 bits per heavy atom. The lowest BCUT2D eigenvalue weighted by Gasteiger charge is -2.09. The van der Waals surface area contributed by atoms with Crippen LogP contribution in [0.2, 0.25) is 0 Å². The molecule has 0 saturated heterocycles. The van der Waals surface area contributed by atoms with E-state index in [1.165, 1.54) is 23.5 Å². The van der Waals surface area contributed by atoms with Gasteiger partial charge in [0.15, 0.2) is 0 Å². The van der Waals surface area contributed by atoms with Gasteiger partial charge in [-0.15, -0.1) is 11.3 Å². The molecule has 0 spiro atoms. The quantitative estimate of drug-likeness (QED) is 0.471. The normalized spacial score (nSPS) is 11.0. The summed E-state index contributed by atoms with van der Waals surface area (Å²) in [4.78, 5) is 13.4. The minimum Gasteiger partial charge on any atom is -0.457 e. The van der Waals surface area contributed by atoms with Crippen LogP contribution in [0.4, 0.5) is 4.39 Å². The number of rotatable bonds is 5. The molecule has 0 radical (unpaired) electrons. The van der Waals surface area contributed by atoms with Crippen LogP contribution in [0.5, 0.6) is 0 Å². The smallest absolute Gasteiger partial charge is 0.339 e. The number of nitrogens with zero attached hydrogens (tertiary/aromatic N) is 1. The number of esters is 1. The largest absolute Gasteiger partial charge is 0.457 e. The second-order valence-corrected chi connectivity index (χ2v) is 6.38. The lowest BCUT2D eigenvalue weighted by molar-refractivity contribution is -0.137. The Balaban J connectivity index is 1.84. The third kappa shape index (κ3) is 4.24. The van der Waals surface area contributed by atoms with Crippen LogP contribution in [-0.2, 0) is 16.1 Å². The number of carbonyl (C=O) groups is 1. The number of hydrogen-bond donors (Lipinski definition) is 0. The van der Waals surface area contributed by atoms with Crippen molar-refractivity contribution in [2.75, 3.05) is 0 Å². The Morgan fingerprint density at radius 1 is 1.12 bits per heavy atom. The van der Waals surface area contributed by atoms with Crippen molar-refractivity contribution in [2.45, 2.75) is 6.61 Å². The molecule has 0 aliphatic heterocycles. The molecule has 3 rings (SSSR count). The Bertz CT molecular complexity index is 970. The molecule has 3 aromatic rings. The molecule has 0 amide bonds. The first-order valence-corrected chi connectivity index (χ1v) is 8.71. The van der Waals surface area contributed by atoms with E-state index in [4.69, 9.17) is 10.00 Å². The number of hydrogen-bond acceptors (Lipinski definition) is 4. The molecular weight excluding hydrogens is 349 g/mol. The van der Waals surface area contributed by atoms with E-state index < -0.39 is 5.97 Å². The number of benzene rings is 2. The molecular formula is C21H14FNO2S. The number of halogens is 1. The van der Waals surface area contributed by atoms with Crippen molar-refractivity contribution in [3.8, 4) is 6.07 Å². The highest BCUT2D eigenvalue weighted by atomic mass is 32.1. The number of ether oxygens (including phenoxy) is 1. The van der Waals surface area contributed by atoms with Gasteiger partial charge < -0.3 is 4.74 Å². The molecule has 1 aromatic heterocycles. The van der Waals surface area contributed by atoms with Gasteiger partial charge in [0.05, 0.1) is 17.2 Å². The highest BCUT2D eigenvalue weighted by molar-refractivity contribution is 7.11. The van der Waals surface area contributed by atoms with Gasteiger partial charge in [0, 0.05) is 10.4 Å². The summed E-state index contributed by atoms with van der Waals surface area (Å²) in [6, 6.07) is 18.6. The SMILES string of the molecule is N#Cc1ccccc1COC(=O)C(=Cc1ccc(F)cc1)c1cccs1. The van der Waals surface area contributed by atoms with Gasteiger partial charge >= 0.3 is 5.97 Å². The van der Waals surface area contributed by atoms with Crippen molar-refractivity contribution in [2.24, 2.45) is 0 Å². The molecule has 0 aliphatic rings. The Kier molecular flexibility index (Phi) is 5.57. The summed E-state index contributed by atoms with van der Waals surface area (Å²) >= 11 is 1.42. The fraction of sp³-hybridized carbons (Fsp3) is 0.0476. The van der Waals surface area contributed by atoms with E-state index in [2.05, 4.69) is 6.07 Å². The Hall–Kier alpha value is -3.23. The van der Waals surface area contributed by atoms with Crippen LogP contribution in [0.25, 0.3) is 11.6 Å². The molecule has 0 fully saturated rings. The average Bonchev–Trinajstić information content (AvgIpc) is 3.20. The first-order chi connectivity index (χ1) is 12.7. The highest BCUT2D eigenvalue weighted by Crippen LogP contribution is 2.25. The van der Waals surface area contributed by atoms with Crippen molar-refractivity contribution in [1.82, 2.24) is 0 Å². The van der Waals surface area contributed by atoms with Crippen LogP contribution in [0.3, 0.4) is 0 Å². The van der Waals surface area contributed by atoms with Crippen molar-refractivity contribution in [1.29, 1.82) is 5.26 Å². The third-order valence-corrected chi connectivity index (χ3v) is 4.59.